The van der Waals surface area contributed by atoms with Crippen molar-refractivity contribution in [3.05, 3.63) is 0 Å². The van der Waals surface area contributed by atoms with Crippen molar-refractivity contribution in [3.63, 3.8) is 0 Å². The van der Waals surface area contributed by atoms with Crippen LogP contribution >= 0.6 is 0 Å². The van der Waals surface area contributed by atoms with Crippen LogP contribution in [0.3, 0.4) is 0 Å². The first-order valence-electron chi connectivity index (χ1n) is 6.75. The van der Waals surface area contributed by atoms with E-state index in [1.807, 2.05) is 20.8 Å². The molecule has 0 radical (unpaired) electrons. The second kappa shape index (κ2) is 6.61. The number of carbonyl (C=O) groups excluding carboxylic acids is 1. The number of urea groups is 1. The van der Waals surface area contributed by atoms with Crippen LogP contribution in [0.15, 0.2) is 0 Å². The molecule has 2 N–H and O–H groups in total. The minimum Gasteiger partial charge on any atom is -0.481 e. The van der Waals surface area contributed by atoms with Crippen molar-refractivity contribution >= 4 is 12.0 Å². The summed E-state index contributed by atoms with van der Waals surface area (Å²) in [6.45, 7) is 6.76. The zero-order valence-corrected chi connectivity index (χ0v) is 11.5. The Kier molecular flexibility index (Phi) is 5.44. The van der Waals surface area contributed by atoms with Gasteiger partial charge in [0.15, 0.2) is 0 Å². The lowest BCUT2D eigenvalue weighted by Crippen LogP contribution is -2.47. The minimum absolute atomic E-state index is 0.0108. The smallest absolute Gasteiger partial charge is 0.317 e. The average molecular weight is 256 g/mol. The van der Waals surface area contributed by atoms with Crippen molar-refractivity contribution in [2.45, 2.75) is 58.5 Å². The number of hydrogen-bond donors (Lipinski definition) is 2. The number of hydrogen-bond acceptors (Lipinski definition) is 2. The Morgan fingerprint density at radius 2 is 2.06 bits per heavy atom. The lowest BCUT2D eigenvalue weighted by atomic mass is 10.1. The van der Waals surface area contributed by atoms with Crippen LogP contribution in [-0.4, -0.2) is 40.6 Å². The molecule has 0 saturated heterocycles. The van der Waals surface area contributed by atoms with Gasteiger partial charge in [-0.2, -0.15) is 0 Å². The molecule has 0 bridgehead atoms. The van der Waals surface area contributed by atoms with Crippen molar-refractivity contribution in [2.24, 2.45) is 5.92 Å². The number of aliphatic carboxylic acids is 1. The molecular weight excluding hydrogens is 232 g/mol. The maximum atomic E-state index is 12.1. The van der Waals surface area contributed by atoms with Crippen molar-refractivity contribution < 1.29 is 14.7 Å². The van der Waals surface area contributed by atoms with E-state index in [-0.39, 0.29) is 24.0 Å². The number of nitrogens with zero attached hydrogens (tertiary/aromatic N) is 1. The molecule has 1 aliphatic rings. The summed E-state index contributed by atoms with van der Waals surface area (Å²) in [5, 5.41) is 11.9. The minimum atomic E-state index is -0.749. The normalized spacial score (nSPS) is 23.1. The van der Waals surface area contributed by atoms with Gasteiger partial charge in [0.1, 0.15) is 0 Å². The molecule has 1 aliphatic carbocycles. The standard InChI is InChI=1S/C13H24N2O3/c1-4-7-15(9(2)3)13(18)14-11-6-5-10(8-11)12(16)17/h9-11H,4-8H2,1-3H3,(H,14,18)(H,16,17)/t10-,11+/m1/s1. The van der Waals surface area contributed by atoms with Crippen LogP contribution in [0.1, 0.15) is 46.5 Å². The lowest BCUT2D eigenvalue weighted by molar-refractivity contribution is -0.141. The van der Waals surface area contributed by atoms with Gasteiger partial charge >= 0.3 is 12.0 Å². The Bertz CT molecular complexity index is 305. The molecule has 1 fully saturated rings. The first-order valence-corrected chi connectivity index (χ1v) is 6.75. The predicted molar refractivity (Wildman–Crippen MR) is 69.4 cm³/mol. The summed E-state index contributed by atoms with van der Waals surface area (Å²) in [7, 11) is 0. The van der Waals surface area contributed by atoms with Crippen molar-refractivity contribution in [2.75, 3.05) is 6.54 Å². The molecular formula is C13H24N2O3. The second-order valence-electron chi connectivity index (χ2n) is 5.28. The van der Waals surface area contributed by atoms with Crippen LogP contribution in [0.25, 0.3) is 0 Å². The predicted octanol–water partition coefficient (Wildman–Crippen LogP) is 2.07. The summed E-state index contributed by atoms with van der Waals surface area (Å²) in [6, 6.07) is 0.112. The van der Waals surface area contributed by atoms with Gasteiger partial charge in [-0.05, 0) is 39.5 Å². The van der Waals surface area contributed by atoms with E-state index < -0.39 is 5.97 Å². The van der Waals surface area contributed by atoms with E-state index in [2.05, 4.69) is 5.32 Å². The van der Waals surface area contributed by atoms with E-state index in [0.29, 0.717) is 12.8 Å². The van der Waals surface area contributed by atoms with Crippen LogP contribution in [0.2, 0.25) is 0 Å². The van der Waals surface area contributed by atoms with Gasteiger partial charge in [0.25, 0.3) is 0 Å². The van der Waals surface area contributed by atoms with Crippen LogP contribution in [-0.2, 0) is 4.79 Å². The number of amides is 2. The zero-order chi connectivity index (χ0) is 13.7. The molecule has 104 valence electrons. The van der Waals surface area contributed by atoms with Gasteiger partial charge in [-0.15, -0.1) is 0 Å². The van der Waals surface area contributed by atoms with E-state index in [0.717, 1.165) is 19.4 Å². The number of rotatable bonds is 5. The van der Waals surface area contributed by atoms with Gasteiger partial charge < -0.3 is 15.3 Å². The molecule has 5 nitrogen and oxygen atoms in total. The molecule has 18 heavy (non-hydrogen) atoms. The topological polar surface area (TPSA) is 69.6 Å². The molecule has 0 aromatic heterocycles. The molecule has 0 aromatic rings. The molecule has 0 unspecified atom stereocenters. The molecule has 5 heteroatoms. The molecule has 1 saturated carbocycles. The highest BCUT2D eigenvalue weighted by atomic mass is 16.4. The third-order valence-corrected chi connectivity index (χ3v) is 3.46. The summed E-state index contributed by atoms with van der Waals surface area (Å²) in [6.07, 6.45) is 2.91. The van der Waals surface area contributed by atoms with Gasteiger partial charge in [-0.1, -0.05) is 6.92 Å². The molecule has 0 heterocycles. The van der Waals surface area contributed by atoms with Crippen molar-refractivity contribution in [1.29, 1.82) is 0 Å². The maximum absolute atomic E-state index is 12.1. The summed E-state index contributed by atoms with van der Waals surface area (Å²) >= 11 is 0. The Hall–Kier alpha value is -1.26. The Balaban J connectivity index is 2.47. The van der Waals surface area contributed by atoms with Crippen LogP contribution in [0, 0.1) is 5.92 Å². The van der Waals surface area contributed by atoms with E-state index in [4.69, 9.17) is 5.11 Å². The summed E-state index contributed by atoms with van der Waals surface area (Å²) in [5.74, 6) is -1.05. The van der Waals surface area contributed by atoms with Gasteiger partial charge in [0.2, 0.25) is 0 Å². The quantitative estimate of drug-likeness (QED) is 0.791. The SMILES string of the molecule is CCCN(C(=O)N[C@H]1CC[C@@H](C(=O)O)C1)C(C)C. The van der Waals surface area contributed by atoms with E-state index >= 15 is 0 Å². The maximum Gasteiger partial charge on any atom is 0.317 e. The summed E-state index contributed by atoms with van der Waals surface area (Å²) in [4.78, 5) is 24.7. The molecule has 0 aliphatic heterocycles. The van der Waals surface area contributed by atoms with E-state index in [1.54, 1.807) is 4.90 Å². The molecule has 2 amide bonds. The zero-order valence-electron chi connectivity index (χ0n) is 11.5. The molecule has 0 aromatic carbocycles. The van der Waals surface area contributed by atoms with Crippen molar-refractivity contribution in [1.82, 2.24) is 10.2 Å². The Morgan fingerprint density at radius 1 is 1.39 bits per heavy atom. The Morgan fingerprint density at radius 3 is 2.50 bits per heavy atom. The largest absolute Gasteiger partial charge is 0.481 e. The van der Waals surface area contributed by atoms with Gasteiger partial charge in [0, 0.05) is 18.6 Å². The fraction of sp³-hybridized carbons (Fsp3) is 0.846. The third-order valence-electron chi connectivity index (χ3n) is 3.46. The second-order valence-corrected chi connectivity index (χ2v) is 5.28. The highest BCUT2D eigenvalue weighted by molar-refractivity contribution is 5.75. The fourth-order valence-corrected chi connectivity index (χ4v) is 2.43. The first-order chi connectivity index (χ1) is 8.45. The lowest BCUT2D eigenvalue weighted by Gasteiger charge is -2.28. The fourth-order valence-electron chi connectivity index (χ4n) is 2.43. The van der Waals surface area contributed by atoms with Crippen molar-refractivity contribution in [3.8, 4) is 0 Å². The van der Waals surface area contributed by atoms with Gasteiger partial charge in [-0.3, -0.25) is 4.79 Å². The third kappa shape index (κ3) is 3.89. The highest BCUT2D eigenvalue weighted by Crippen LogP contribution is 2.25. The summed E-state index contributed by atoms with van der Waals surface area (Å²) < 4.78 is 0. The first kappa shape index (κ1) is 14.8. The van der Waals surface area contributed by atoms with Crippen LogP contribution in [0.5, 0.6) is 0 Å². The van der Waals surface area contributed by atoms with Gasteiger partial charge in [0.05, 0.1) is 5.92 Å². The summed E-state index contributed by atoms with van der Waals surface area (Å²) in [5.41, 5.74) is 0. The average Bonchev–Trinajstić information content (AvgIpc) is 2.73. The number of carbonyl (C=O) groups is 2. The number of nitrogens with one attached hydrogen (secondary N) is 1. The molecule has 2 atom stereocenters. The van der Waals surface area contributed by atoms with Crippen LogP contribution < -0.4 is 5.32 Å². The number of carboxylic acids is 1. The highest BCUT2D eigenvalue weighted by Gasteiger charge is 2.31. The monoisotopic (exact) mass is 256 g/mol. The molecule has 1 rings (SSSR count). The Labute approximate surface area is 109 Å². The van der Waals surface area contributed by atoms with E-state index in [9.17, 15) is 9.59 Å². The number of carboxylic acid groups (broad SMARTS) is 1. The van der Waals surface area contributed by atoms with E-state index in [1.165, 1.54) is 0 Å². The molecule has 0 spiro atoms. The van der Waals surface area contributed by atoms with Crippen LogP contribution in [0.4, 0.5) is 4.79 Å². The van der Waals surface area contributed by atoms with Gasteiger partial charge in [-0.25, -0.2) is 4.79 Å².